The molecule has 4 rings (SSSR count). The number of hydrogen-bond acceptors (Lipinski definition) is 6. The smallest absolute Gasteiger partial charge is 0.223 e. The van der Waals surface area contributed by atoms with Crippen LogP contribution in [0.4, 0.5) is 5.82 Å². The topological polar surface area (TPSA) is 71.0 Å². The van der Waals surface area contributed by atoms with Crippen molar-refractivity contribution in [1.82, 2.24) is 20.5 Å². The third-order valence-corrected chi connectivity index (χ3v) is 6.91. The number of piperidine rings is 1. The fourth-order valence-electron chi connectivity index (χ4n) is 3.58. The molecule has 0 spiro atoms. The Labute approximate surface area is 185 Å². The van der Waals surface area contributed by atoms with E-state index in [1.807, 2.05) is 50.2 Å². The second-order valence-electron chi connectivity index (χ2n) is 7.52. The number of hydrogen-bond donors (Lipinski definition) is 1. The van der Waals surface area contributed by atoms with Crippen LogP contribution in [0.5, 0.6) is 0 Å². The first-order valence-electron chi connectivity index (χ1n) is 10.1. The van der Waals surface area contributed by atoms with Gasteiger partial charge in [-0.2, -0.15) is 5.10 Å². The number of amides is 1. The molecule has 156 valence electrons. The zero-order valence-electron chi connectivity index (χ0n) is 17.1. The van der Waals surface area contributed by atoms with Crippen molar-refractivity contribution in [2.45, 2.75) is 33.2 Å². The zero-order valence-corrected chi connectivity index (χ0v) is 18.6. The number of nitrogens with zero attached hydrogens (tertiary/aromatic N) is 4. The fourth-order valence-corrected chi connectivity index (χ4v) is 4.91. The molecule has 1 N–H and O–H groups in total. The number of anilines is 1. The van der Waals surface area contributed by atoms with Gasteiger partial charge in [-0.1, -0.05) is 29.8 Å². The summed E-state index contributed by atoms with van der Waals surface area (Å²) in [5.41, 5.74) is 2.77. The van der Waals surface area contributed by atoms with Gasteiger partial charge < -0.3 is 10.2 Å². The molecule has 0 atom stereocenters. The lowest BCUT2D eigenvalue weighted by Gasteiger charge is -2.31. The first-order valence-corrected chi connectivity index (χ1v) is 11.2. The second-order valence-corrected chi connectivity index (χ2v) is 9.01. The molecule has 3 aromatic rings. The number of benzene rings is 1. The van der Waals surface area contributed by atoms with Crippen molar-refractivity contribution < 1.29 is 4.79 Å². The molecular weight excluding hydrogens is 418 g/mol. The maximum Gasteiger partial charge on any atom is 0.223 e. The van der Waals surface area contributed by atoms with Crippen molar-refractivity contribution in [3.05, 3.63) is 57.7 Å². The molecule has 0 radical (unpaired) electrons. The van der Waals surface area contributed by atoms with E-state index in [1.54, 1.807) is 11.3 Å². The first-order chi connectivity index (χ1) is 14.5. The summed E-state index contributed by atoms with van der Waals surface area (Å²) in [6.45, 7) is 6.02. The summed E-state index contributed by atoms with van der Waals surface area (Å²) in [6, 6.07) is 11.7. The number of thiazole rings is 1. The predicted octanol–water partition coefficient (Wildman–Crippen LogP) is 4.40. The van der Waals surface area contributed by atoms with Gasteiger partial charge in [0.25, 0.3) is 0 Å². The normalized spacial score (nSPS) is 14.7. The molecule has 6 nitrogen and oxygen atoms in total. The Hall–Kier alpha value is -2.51. The predicted molar refractivity (Wildman–Crippen MR) is 121 cm³/mol. The average molecular weight is 442 g/mol. The Morgan fingerprint density at radius 3 is 2.63 bits per heavy atom. The summed E-state index contributed by atoms with van der Waals surface area (Å²) in [7, 11) is 0. The van der Waals surface area contributed by atoms with E-state index in [9.17, 15) is 4.79 Å². The van der Waals surface area contributed by atoms with E-state index in [4.69, 9.17) is 11.6 Å². The number of aryl methyl sites for hydroxylation is 2. The molecule has 1 aliphatic heterocycles. The van der Waals surface area contributed by atoms with E-state index < -0.39 is 0 Å². The lowest BCUT2D eigenvalue weighted by molar-refractivity contribution is -0.125. The second kappa shape index (κ2) is 9.10. The van der Waals surface area contributed by atoms with Crippen LogP contribution in [0.2, 0.25) is 5.02 Å². The molecule has 30 heavy (non-hydrogen) atoms. The van der Waals surface area contributed by atoms with Crippen molar-refractivity contribution in [3.63, 3.8) is 0 Å². The van der Waals surface area contributed by atoms with Gasteiger partial charge in [-0.3, -0.25) is 4.79 Å². The van der Waals surface area contributed by atoms with Crippen LogP contribution in [-0.4, -0.2) is 34.2 Å². The van der Waals surface area contributed by atoms with Gasteiger partial charge in [-0.05, 0) is 44.9 Å². The number of carbonyl (C=O) groups is 1. The standard InChI is InChI=1S/C22H24ClN5OS/c1-14-7-8-20(27-26-14)28-11-9-16(10-12-28)21(29)24-13-19-15(2)25-22(30-19)17-5-3-4-6-18(17)23/h3-8,16H,9-13H2,1-2H3,(H,24,29). The minimum Gasteiger partial charge on any atom is -0.355 e. The fraction of sp³-hybridized carbons (Fsp3) is 0.364. The molecule has 0 aliphatic carbocycles. The van der Waals surface area contributed by atoms with E-state index in [2.05, 4.69) is 25.4 Å². The van der Waals surface area contributed by atoms with Crippen LogP contribution in [-0.2, 0) is 11.3 Å². The summed E-state index contributed by atoms with van der Waals surface area (Å²) in [5, 5.41) is 13.1. The summed E-state index contributed by atoms with van der Waals surface area (Å²) in [5.74, 6) is 1.01. The van der Waals surface area contributed by atoms with Gasteiger partial charge in [-0.25, -0.2) is 4.98 Å². The van der Waals surface area contributed by atoms with Gasteiger partial charge in [0.15, 0.2) is 5.82 Å². The van der Waals surface area contributed by atoms with Gasteiger partial charge in [0.1, 0.15) is 5.01 Å². The van der Waals surface area contributed by atoms with E-state index in [0.29, 0.717) is 11.6 Å². The Morgan fingerprint density at radius 1 is 1.17 bits per heavy atom. The van der Waals surface area contributed by atoms with Gasteiger partial charge in [0.2, 0.25) is 5.91 Å². The maximum atomic E-state index is 12.7. The molecule has 0 bridgehead atoms. The van der Waals surface area contributed by atoms with E-state index in [-0.39, 0.29) is 11.8 Å². The van der Waals surface area contributed by atoms with E-state index >= 15 is 0 Å². The van der Waals surface area contributed by atoms with Gasteiger partial charge in [-0.15, -0.1) is 16.4 Å². The largest absolute Gasteiger partial charge is 0.355 e. The van der Waals surface area contributed by atoms with Crippen molar-refractivity contribution in [3.8, 4) is 10.6 Å². The molecule has 1 fully saturated rings. The molecule has 2 aromatic heterocycles. The van der Waals surface area contributed by atoms with Gasteiger partial charge in [0, 0.05) is 29.4 Å². The maximum absolute atomic E-state index is 12.7. The van der Waals surface area contributed by atoms with Crippen LogP contribution < -0.4 is 10.2 Å². The minimum absolute atomic E-state index is 0.0240. The van der Waals surface area contributed by atoms with Crippen LogP contribution in [0.1, 0.15) is 29.1 Å². The van der Waals surface area contributed by atoms with Gasteiger partial charge >= 0.3 is 0 Å². The Morgan fingerprint density at radius 2 is 1.93 bits per heavy atom. The Bertz CT molecular complexity index is 1030. The minimum atomic E-state index is 0.0240. The SMILES string of the molecule is Cc1ccc(N2CCC(C(=O)NCc3sc(-c4ccccc4Cl)nc3C)CC2)nn1. The summed E-state index contributed by atoms with van der Waals surface area (Å²) >= 11 is 7.88. The number of nitrogens with one attached hydrogen (secondary N) is 1. The number of rotatable bonds is 5. The quantitative estimate of drug-likeness (QED) is 0.635. The highest BCUT2D eigenvalue weighted by molar-refractivity contribution is 7.15. The van der Waals surface area contributed by atoms with Crippen LogP contribution in [0.25, 0.3) is 10.6 Å². The Balaban J connectivity index is 1.32. The van der Waals surface area contributed by atoms with Crippen molar-refractivity contribution in [1.29, 1.82) is 0 Å². The lowest BCUT2D eigenvalue weighted by atomic mass is 9.96. The number of aromatic nitrogens is 3. The van der Waals surface area contributed by atoms with Crippen LogP contribution in [0.3, 0.4) is 0 Å². The molecule has 8 heteroatoms. The molecule has 0 saturated carbocycles. The third-order valence-electron chi connectivity index (χ3n) is 5.39. The van der Waals surface area contributed by atoms with E-state index in [1.165, 1.54) is 0 Å². The number of halogens is 1. The third kappa shape index (κ3) is 4.63. The van der Waals surface area contributed by atoms with Crippen molar-refractivity contribution in [2.75, 3.05) is 18.0 Å². The lowest BCUT2D eigenvalue weighted by Crippen LogP contribution is -2.40. The van der Waals surface area contributed by atoms with Crippen LogP contribution in [0, 0.1) is 19.8 Å². The van der Waals surface area contributed by atoms with Crippen molar-refractivity contribution >= 4 is 34.7 Å². The molecule has 3 heterocycles. The van der Waals surface area contributed by atoms with Crippen LogP contribution in [0.15, 0.2) is 36.4 Å². The van der Waals surface area contributed by atoms with Crippen LogP contribution >= 0.6 is 22.9 Å². The highest BCUT2D eigenvalue weighted by Crippen LogP contribution is 2.32. The number of carbonyl (C=O) groups excluding carboxylic acids is 1. The molecular formula is C22H24ClN5OS. The zero-order chi connectivity index (χ0) is 21.1. The molecule has 1 saturated heterocycles. The Kier molecular flexibility index (Phi) is 6.29. The average Bonchev–Trinajstić information content (AvgIpc) is 3.13. The first kappa shape index (κ1) is 20.8. The molecule has 1 amide bonds. The monoisotopic (exact) mass is 441 g/mol. The summed E-state index contributed by atoms with van der Waals surface area (Å²) in [4.78, 5) is 20.6. The highest BCUT2D eigenvalue weighted by Gasteiger charge is 2.26. The van der Waals surface area contributed by atoms with E-state index in [0.717, 1.165) is 58.6 Å². The molecule has 1 aliphatic rings. The van der Waals surface area contributed by atoms with Gasteiger partial charge in [0.05, 0.1) is 23.0 Å². The summed E-state index contributed by atoms with van der Waals surface area (Å²) in [6.07, 6.45) is 1.63. The van der Waals surface area contributed by atoms with Crippen molar-refractivity contribution in [2.24, 2.45) is 5.92 Å². The molecule has 1 aromatic carbocycles. The highest BCUT2D eigenvalue weighted by atomic mass is 35.5. The summed E-state index contributed by atoms with van der Waals surface area (Å²) < 4.78 is 0. The molecule has 0 unspecified atom stereocenters.